The lowest BCUT2D eigenvalue weighted by Crippen LogP contribution is -2.54. The van der Waals surface area contributed by atoms with Crippen molar-refractivity contribution in [3.8, 4) is 0 Å². The molecule has 6 rings (SSSR count). The smallest absolute Gasteiger partial charge is 0.250 e. The summed E-state index contributed by atoms with van der Waals surface area (Å²) >= 11 is 12.2. The lowest BCUT2D eigenvalue weighted by Gasteiger charge is -2.36. The summed E-state index contributed by atoms with van der Waals surface area (Å²) in [6.07, 6.45) is 1.55. The first kappa shape index (κ1) is 20.1. The lowest BCUT2D eigenvalue weighted by atomic mass is 9.75. The van der Waals surface area contributed by atoms with Gasteiger partial charge >= 0.3 is 0 Å². The van der Waals surface area contributed by atoms with Gasteiger partial charge in [-0.05, 0) is 56.1 Å². The van der Waals surface area contributed by atoms with Crippen molar-refractivity contribution in [3.63, 3.8) is 0 Å². The highest BCUT2D eigenvalue weighted by Crippen LogP contribution is 2.61. The third-order valence-corrected chi connectivity index (χ3v) is 8.22. The van der Waals surface area contributed by atoms with Gasteiger partial charge in [-0.15, -0.1) is 0 Å². The van der Waals surface area contributed by atoms with Crippen LogP contribution >= 0.6 is 23.2 Å². The number of anilines is 2. The molecule has 4 aliphatic rings. The molecule has 32 heavy (non-hydrogen) atoms. The molecule has 4 aliphatic heterocycles. The maximum atomic E-state index is 13.8. The molecule has 0 saturated carbocycles. The zero-order valence-corrected chi connectivity index (χ0v) is 18.5. The molecule has 4 heterocycles. The molecule has 1 spiro atoms. The van der Waals surface area contributed by atoms with Crippen molar-refractivity contribution in [2.75, 3.05) is 16.8 Å². The molecular formula is C23H18Cl2FN3O3. The molecule has 3 amide bonds. The van der Waals surface area contributed by atoms with E-state index in [0.29, 0.717) is 22.8 Å². The quantitative estimate of drug-likeness (QED) is 0.638. The van der Waals surface area contributed by atoms with E-state index in [1.807, 2.05) is 11.8 Å². The van der Waals surface area contributed by atoms with Gasteiger partial charge in [0.2, 0.25) is 17.7 Å². The molecule has 2 aromatic carbocycles. The number of benzene rings is 2. The molecular weight excluding hydrogens is 456 g/mol. The first-order chi connectivity index (χ1) is 15.3. The molecule has 6 nitrogen and oxygen atoms in total. The second kappa shape index (κ2) is 6.53. The fourth-order valence-corrected chi connectivity index (χ4v) is 6.60. The van der Waals surface area contributed by atoms with E-state index >= 15 is 0 Å². The number of halogens is 3. The molecule has 0 unspecified atom stereocenters. The number of nitrogens with one attached hydrogen (secondary N) is 1. The van der Waals surface area contributed by atoms with Crippen LogP contribution in [0.2, 0.25) is 10.0 Å². The van der Waals surface area contributed by atoms with E-state index in [9.17, 15) is 18.8 Å². The maximum Gasteiger partial charge on any atom is 0.250 e. The van der Waals surface area contributed by atoms with Crippen molar-refractivity contribution in [1.82, 2.24) is 4.90 Å². The Morgan fingerprint density at radius 2 is 1.88 bits per heavy atom. The van der Waals surface area contributed by atoms with E-state index in [1.165, 1.54) is 12.1 Å². The fourth-order valence-electron chi connectivity index (χ4n) is 6.27. The van der Waals surface area contributed by atoms with E-state index in [2.05, 4.69) is 5.32 Å². The van der Waals surface area contributed by atoms with Gasteiger partial charge in [-0.3, -0.25) is 19.3 Å². The second-order valence-corrected chi connectivity index (χ2v) is 9.65. The number of nitrogens with zero attached hydrogens (tertiary/aromatic N) is 2. The largest absolute Gasteiger partial charge is 0.324 e. The zero-order valence-electron chi connectivity index (χ0n) is 17.0. The number of fused-ring (bicyclic) bond motifs is 7. The van der Waals surface area contributed by atoms with Crippen LogP contribution in [0, 0.1) is 24.6 Å². The van der Waals surface area contributed by atoms with E-state index in [-0.39, 0.29) is 28.6 Å². The van der Waals surface area contributed by atoms with Gasteiger partial charge in [0, 0.05) is 16.6 Å². The first-order valence-electron chi connectivity index (χ1n) is 10.5. The average molecular weight is 474 g/mol. The van der Waals surface area contributed by atoms with Crippen LogP contribution in [0.1, 0.15) is 24.0 Å². The topological polar surface area (TPSA) is 69.7 Å². The van der Waals surface area contributed by atoms with E-state index in [1.54, 1.807) is 12.1 Å². The number of hydrogen-bond donors (Lipinski definition) is 1. The summed E-state index contributed by atoms with van der Waals surface area (Å²) in [6, 6.07) is 7.06. The standard InChI is InChI=1S/C23H18Cl2FN3O3/c1-10-13(24)6-5-12-19(10)27-22(32)23(12)18-17(16-3-2-8-28(16)23)20(30)29(21(18)31)11-4-7-15(26)14(25)9-11/h4-7,9,16-18H,2-3,8H2,1H3,(H,27,32)/t16-,17-,18+,23-/m1/s1. The summed E-state index contributed by atoms with van der Waals surface area (Å²) in [4.78, 5) is 44.2. The van der Waals surface area contributed by atoms with Crippen LogP contribution in [0.5, 0.6) is 0 Å². The maximum absolute atomic E-state index is 13.8. The van der Waals surface area contributed by atoms with Crippen LogP contribution in [0.15, 0.2) is 30.3 Å². The zero-order chi connectivity index (χ0) is 22.5. The minimum atomic E-state index is -1.28. The predicted octanol–water partition coefficient (Wildman–Crippen LogP) is 3.87. The molecule has 0 radical (unpaired) electrons. The van der Waals surface area contributed by atoms with Gasteiger partial charge in [-0.25, -0.2) is 9.29 Å². The van der Waals surface area contributed by atoms with Crippen LogP contribution in [0.3, 0.4) is 0 Å². The third-order valence-electron chi connectivity index (χ3n) is 7.52. The van der Waals surface area contributed by atoms with Crippen molar-refractivity contribution in [1.29, 1.82) is 0 Å². The number of amides is 3. The van der Waals surface area contributed by atoms with Crippen molar-refractivity contribution in [2.45, 2.75) is 31.3 Å². The molecule has 0 aromatic heterocycles. The monoisotopic (exact) mass is 473 g/mol. The minimum absolute atomic E-state index is 0.174. The van der Waals surface area contributed by atoms with Gasteiger partial charge in [-0.1, -0.05) is 29.3 Å². The highest BCUT2D eigenvalue weighted by Gasteiger charge is 2.74. The molecule has 3 fully saturated rings. The van der Waals surface area contributed by atoms with Gasteiger partial charge in [0.1, 0.15) is 11.4 Å². The van der Waals surface area contributed by atoms with E-state index < -0.39 is 29.1 Å². The molecule has 9 heteroatoms. The minimum Gasteiger partial charge on any atom is -0.324 e. The number of hydrogen-bond acceptors (Lipinski definition) is 4. The molecule has 1 N–H and O–H groups in total. The van der Waals surface area contributed by atoms with Crippen molar-refractivity contribution in [2.24, 2.45) is 11.8 Å². The highest BCUT2D eigenvalue weighted by atomic mass is 35.5. The van der Waals surface area contributed by atoms with Gasteiger partial charge in [0.25, 0.3) is 0 Å². The Morgan fingerprint density at radius 3 is 2.62 bits per heavy atom. The van der Waals surface area contributed by atoms with E-state index in [4.69, 9.17) is 23.2 Å². The second-order valence-electron chi connectivity index (χ2n) is 8.83. The number of rotatable bonds is 1. The van der Waals surface area contributed by atoms with Crippen molar-refractivity contribution in [3.05, 3.63) is 57.3 Å². The Balaban J connectivity index is 1.56. The van der Waals surface area contributed by atoms with E-state index in [0.717, 1.165) is 29.4 Å². The Bertz CT molecular complexity index is 1250. The first-order valence-corrected chi connectivity index (χ1v) is 11.2. The van der Waals surface area contributed by atoms with Crippen LogP contribution < -0.4 is 10.2 Å². The summed E-state index contributed by atoms with van der Waals surface area (Å²) in [5, 5.41) is 3.30. The number of imide groups is 1. The van der Waals surface area contributed by atoms with Crippen molar-refractivity contribution >= 4 is 52.3 Å². The molecule has 0 bridgehead atoms. The Morgan fingerprint density at radius 1 is 1.09 bits per heavy atom. The summed E-state index contributed by atoms with van der Waals surface area (Å²) in [7, 11) is 0. The number of carbonyl (C=O) groups excluding carboxylic acids is 3. The van der Waals surface area contributed by atoms with Crippen LogP contribution in [-0.2, 0) is 19.9 Å². The predicted molar refractivity (Wildman–Crippen MR) is 117 cm³/mol. The Kier molecular flexibility index (Phi) is 4.11. The highest BCUT2D eigenvalue weighted by molar-refractivity contribution is 6.33. The Hall–Kier alpha value is -2.48. The summed E-state index contributed by atoms with van der Waals surface area (Å²) in [5.41, 5.74) is 0.960. The molecule has 164 valence electrons. The molecule has 0 aliphatic carbocycles. The summed E-state index contributed by atoms with van der Waals surface area (Å²) in [6.45, 7) is 2.44. The summed E-state index contributed by atoms with van der Waals surface area (Å²) < 4.78 is 13.7. The van der Waals surface area contributed by atoms with Gasteiger partial charge in [0.15, 0.2) is 0 Å². The van der Waals surface area contributed by atoms with Crippen molar-refractivity contribution < 1.29 is 18.8 Å². The van der Waals surface area contributed by atoms with Crippen LogP contribution in [-0.4, -0.2) is 35.2 Å². The molecule has 3 saturated heterocycles. The fraction of sp³-hybridized carbons (Fsp3) is 0.348. The molecule has 4 atom stereocenters. The molecule has 2 aromatic rings. The SMILES string of the molecule is Cc1c(Cl)ccc2c1NC(=O)[C@]21[C@@H]2C(=O)N(c3ccc(F)c(Cl)c3)C(=O)[C@@H]2[C@H]2CCCN21. The van der Waals surface area contributed by atoms with Gasteiger partial charge in [-0.2, -0.15) is 0 Å². The van der Waals surface area contributed by atoms with Gasteiger partial charge in [0.05, 0.1) is 28.2 Å². The lowest BCUT2D eigenvalue weighted by molar-refractivity contribution is -0.135. The third kappa shape index (κ3) is 2.21. The van der Waals surface area contributed by atoms with Crippen LogP contribution in [0.4, 0.5) is 15.8 Å². The summed E-state index contributed by atoms with van der Waals surface area (Å²) in [5.74, 6) is -3.33. The normalized spacial score (nSPS) is 30.8. The van der Waals surface area contributed by atoms with Crippen LogP contribution in [0.25, 0.3) is 0 Å². The Labute approximate surface area is 193 Å². The average Bonchev–Trinajstić information content (AvgIpc) is 3.46. The van der Waals surface area contributed by atoms with Gasteiger partial charge < -0.3 is 5.32 Å². The number of carbonyl (C=O) groups is 3.